The van der Waals surface area contributed by atoms with Gasteiger partial charge in [0, 0.05) is 10.9 Å². The Balaban J connectivity index is 2.02. The molecule has 2 aromatic rings. The highest BCUT2D eigenvalue weighted by Gasteiger charge is 2.04. The van der Waals surface area contributed by atoms with Crippen molar-refractivity contribution in [1.82, 2.24) is 10.2 Å². The second-order valence-electron chi connectivity index (χ2n) is 4.21. The van der Waals surface area contributed by atoms with Crippen LogP contribution in [0.3, 0.4) is 0 Å². The Hall–Kier alpha value is -1.95. The van der Waals surface area contributed by atoms with Crippen molar-refractivity contribution in [2.45, 2.75) is 19.8 Å². The highest BCUT2D eigenvalue weighted by atomic mass is 79.9. The molecule has 0 radical (unpaired) electrons. The molecule has 1 aromatic heterocycles. The first-order valence-corrected chi connectivity index (χ1v) is 7.13. The topological polar surface area (TPSA) is 66.9 Å². The summed E-state index contributed by atoms with van der Waals surface area (Å²) in [6.07, 6.45) is 1.29. The third kappa shape index (κ3) is 4.03. The molecule has 0 aliphatic rings. The predicted molar refractivity (Wildman–Crippen MR) is 83.0 cm³/mol. The van der Waals surface area contributed by atoms with Crippen LogP contribution in [-0.2, 0) is 4.79 Å². The van der Waals surface area contributed by atoms with E-state index in [1.807, 2.05) is 31.2 Å². The molecular formula is C14H15BrN4O. The van der Waals surface area contributed by atoms with Gasteiger partial charge >= 0.3 is 0 Å². The summed E-state index contributed by atoms with van der Waals surface area (Å²) in [6, 6.07) is 11.2. The first kappa shape index (κ1) is 14.5. The molecular weight excluding hydrogens is 320 g/mol. The van der Waals surface area contributed by atoms with E-state index in [9.17, 15) is 4.79 Å². The molecule has 0 spiro atoms. The summed E-state index contributed by atoms with van der Waals surface area (Å²) in [5.74, 6) is 1.03. The lowest BCUT2D eigenvalue weighted by atomic mass is 10.3. The quantitative estimate of drug-likeness (QED) is 0.874. The Labute approximate surface area is 125 Å². The lowest BCUT2D eigenvalue weighted by Gasteiger charge is -2.07. The molecule has 1 aromatic carbocycles. The monoisotopic (exact) mass is 334 g/mol. The van der Waals surface area contributed by atoms with Crippen LogP contribution in [0, 0.1) is 0 Å². The van der Waals surface area contributed by atoms with Gasteiger partial charge in [0.1, 0.15) is 0 Å². The highest BCUT2D eigenvalue weighted by Crippen LogP contribution is 2.24. The Kier molecular flexibility index (Phi) is 5.06. The van der Waals surface area contributed by atoms with Gasteiger partial charge in [0.2, 0.25) is 5.91 Å². The van der Waals surface area contributed by atoms with Crippen LogP contribution in [-0.4, -0.2) is 16.1 Å². The minimum Gasteiger partial charge on any atom is -0.338 e. The van der Waals surface area contributed by atoms with Crippen molar-refractivity contribution in [1.29, 1.82) is 0 Å². The molecule has 1 amide bonds. The number of hydrogen-bond acceptors (Lipinski definition) is 4. The molecule has 6 heteroatoms. The molecule has 0 fully saturated rings. The average Bonchev–Trinajstić information content (AvgIpc) is 2.44. The largest absolute Gasteiger partial charge is 0.338 e. The van der Waals surface area contributed by atoms with Gasteiger partial charge in [0.25, 0.3) is 0 Å². The molecule has 2 N–H and O–H groups in total. The second-order valence-corrected chi connectivity index (χ2v) is 5.06. The smallest absolute Gasteiger partial charge is 0.225 e. The van der Waals surface area contributed by atoms with Gasteiger partial charge in [-0.3, -0.25) is 4.79 Å². The number of carbonyl (C=O) groups is 1. The minimum absolute atomic E-state index is 0.0479. The van der Waals surface area contributed by atoms with E-state index >= 15 is 0 Å². The fraction of sp³-hybridized carbons (Fsp3) is 0.214. The van der Waals surface area contributed by atoms with Crippen LogP contribution in [0.15, 0.2) is 40.9 Å². The molecule has 0 saturated carbocycles. The summed E-state index contributed by atoms with van der Waals surface area (Å²) < 4.78 is 0.946. The molecule has 0 unspecified atom stereocenters. The lowest BCUT2D eigenvalue weighted by molar-refractivity contribution is -0.116. The Morgan fingerprint density at radius 1 is 1.15 bits per heavy atom. The van der Waals surface area contributed by atoms with Crippen LogP contribution >= 0.6 is 15.9 Å². The van der Waals surface area contributed by atoms with Crippen LogP contribution in [0.25, 0.3) is 0 Å². The van der Waals surface area contributed by atoms with Crippen molar-refractivity contribution in [2.75, 3.05) is 10.6 Å². The van der Waals surface area contributed by atoms with Gasteiger partial charge in [-0.25, -0.2) is 0 Å². The Bertz CT molecular complexity index is 586. The van der Waals surface area contributed by atoms with Gasteiger partial charge in [-0.15, -0.1) is 10.2 Å². The summed E-state index contributed by atoms with van der Waals surface area (Å²) in [6.45, 7) is 1.95. The molecule has 0 atom stereocenters. The van der Waals surface area contributed by atoms with Gasteiger partial charge in [-0.05, 0) is 46.6 Å². The number of nitrogens with one attached hydrogen (secondary N) is 2. The molecule has 0 bridgehead atoms. The number of rotatable bonds is 5. The number of nitrogens with zero attached hydrogens (tertiary/aromatic N) is 2. The molecule has 104 valence electrons. The molecule has 0 saturated heterocycles. The van der Waals surface area contributed by atoms with E-state index in [0.717, 1.165) is 16.6 Å². The first-order chi connectivity index (χ1) is 9.69. The van der Waals surface area contributed by atoms with Crippen LogP contribution < -0.4 is 10.6 Å². The SMILES string of the molecule is CCCC(=O)Nc1ccc(Nc2ccccc2Br)nn1. The summed E-state index contributed by atoms with van der Waals surface area (Å²) in [5, 5.41) is 13.8. The number of aromatic nitrogens is 2. The third-order valence-corrected chi connectivity index (χ3v) is 3.24. The maximum absolute atomic E-state index is 11.4. The van der Waals surface area contributed by atoms with Gasteiger partial charge < -0.3 is 10.6 Å². The van der Waals surface area contributed by atoms with E-state index in [1.54, 1.807) is 12.1 Å². The third-order valence-electron chi connectivity index (χ3n) is 2.55. The Morgan fingerprint density at radius 3 is 2.50 bits per heavy atom. The predicted octanol–water partition coefficient (Wildman–Crippen LogP) is 3.72. The zero-order valence-corrected chi connectivity index (χ0v) is 12.6. The Morgan fingerprint density at radius 2 is 1.85 bits per heavy atom. The minimum atomic E-state index is -0.0479. The van der Waals surface area contributed by atoms with Crippen molar-refractivity contribution < 1.29 is 4.79 Å². The van der Waals surface area contributed by atoms with Crippen molar-refractivity contribution >= 4 is 39.2 Å². The number of carbonyl (C=O) groups excluding carboxylic acids is 1. The van der Waals surface area contributed by atoms with E-state index < -0.39 is 0 Å². The zero-order valence-electron chi connectivity index (χ0n) is 11.1. The number of halogens is 1. The van der Waals surface area contributed by atoms with E-state index in [0.29, 0.717) is 18.1 Å². The van der Waals surface area contributed by atoms with E-state index in [-0.39, 0.29) is 5.91 Å². The highest BCUT2D eigenvalue weighted by molar-refractivity contribution is 9.10. The molecule has 5 nitrogen and oxygen atoms in total. The van der Waals surface area contributed by atoms with E-state index in [2.05, 4.69) is 36.8 Å². The fourth-order valence-electron chi connectivity index (χ4n) is 1.60. The van der Waals surface area contributed by atoms with Crippen molar-refractivity contribution in [3.05, 3.63) is 40.9 Å². The van der Waals surface area contributed by atoms with Crippen LogP contribution in [0.5, 0.6) is 0 Å². The van der Waals surface area contributed by atoms with E-state index in [4.69, 9.17) is 0 Å². The van der Waals surface area contributed by atoms with Crippen molar-refractivity contribution in [3.8, 4) is 0 Å². The number of para-hydroxylation sites is 1. The number of hydrogen-bond donors (Lipinski definition) is 2. The molecule has 0 aliphatic carbocycles. The summed E-state index contributed by atoms with van der Waals surface area (Å²) >= 11 is 3.45. The summed E-state index contributed by atoms with van der Waals surface area (Å²) in [5.41, 5.74) is 0.907. The van der Waals surface area contributed by atoms with Crippen molar-refractivity contribution in [2.24, 2.45) is 0 Å². The summed E-state index contributed by atoms with van der Waals surface area (Å²) in [4.78, 5) is 11.4. The summed E-state index contributed by atoms with van der Waals surface area (Å²) in [7, 11) is 0. The first-order valence-electron chi connectivity index (χ1n) is 6.34. The van der Waals surface area contributed by atoms with Gasteiger partial charge in [0.15, 0.2) is 11.6 Å². The fourth-order valence-corrected chi connectivity index (χ4v) is 1.98. The number of amides is 1. The average molecular weight is 335 g/mol. The van der Waals surface area contributed by atoms with Crippen molar-refractivity contribution in [3.63, 3.8) is 0 Å². The van der Waals surface area contributed by atoms with Gasteiger partial charge in [-0.1, -0.05) is 19.1 Å². The number of benzene rings is 1. The standard InChI is InChI=1S/C14H15BrN4O/c1-2-5-14(20)17-13-9-8-12(18-19-13)16-11-7-4-3-6-10(11)15/h3-4,6-9H,2,5H2,1H3,(H,16,18)(H,17,19,20). The maximum atomic E-state index is 11.4. The number of anilines is 3. The normalized spacial score (nSPS) is 10.1. The van der Waals surface area contributed by atoms with E-state index in [1.165, 1.54) is 0 Å². The van der Waals surface area contributed by atoms with Crippen LogP contribution in [0.2, 0.25) is 0 Å². The maximum Gasteiger partial charge on any atom is 0.225 e. The molecule has 1 heterocycles. The molecule has 0 aliphatic heterocycles. The van der Waals surface area contributed by atoms with Gasteiger partial charge in [-0.2, -0.15) is 0 Å². The van der Waals surface area contributed by atoms with Crippen LogP contribution in [0.4, 0.5) is 17.3 Å². The zero-order chi connectivity index (χ0) is 14.4. The second kappa shape index (κ2) is 7.00. The molecule has 2 rings (SSSR count). The molecule has 20 heavy (non-hydrogen) atoms. The lowest BCUT2D eigenvalue weighted by Crippen LogP contribution is -2.12. The van der Waals surface area contributed by atoms with Gasteiger partial charge in [0.05, 0.1) is 5.69 Å². The van der Waals surface area contributed by atoms with Crippen LogP contribution in [0.1, 0.15) is 19.8 Å².